The van der Waals surface area contributed by atoms with Crippen molar-refractivity contribution >= 4 is 46.6 Å². The summed E-state index contributed by atoms with van der Waals surface area (Å²) in [4.78, 5) is 37.2. The van der Waals surface area contributed by atoms with Crippen LogP contribution in [0.2, 0.25) is 0 Å². The predicted octanol–water partition coefficient (Wildman–Crippen LogP) is 2.08. The molecular weight excluding hydrogens is 506 g/mol. The summed E-state index contributed by atoms with van der Waals surface area (Å²) in [5.74, 6) is -0.528. The highest BCUT2D eigenvalue weighted by Crippen LogP contribution is 2.32. The van der Waals surface area contributed by atoms with E-state index < -0.39 is 5.97 Å². The van der Waals surface area contributed by atoms with Gasteiger partial charge in [-0.15, -0.1) is 0 Å². The smallest absolute Gasteiger partial charge is 0.337 e. The molecule has 210 valence electrons. The number of likely N-dealkylation sites (N-methyl/N-ethyl adjacent to an activating group) is 1. The quantitative estimate of drug-likeness (QED) is 0.0921. The average molecular weight is 546 g/mol. The van der Waals surface area contributed by atoms with Gasteiger partial charge in [0.05, 0.1) is 26.3 Å². The number of esters is 1. The zero-order valence-corrected chi connectivity index (χ0v) is 23.5. The highest BCUT2D eigenvalue weighted by molar-refractivity contribution is 6.00. The number of rotatable bonds is 14. The summed E-state index contributed by atoms with van der Waals surface area (Å²) in [6, 6.07) is 22.4. The highest BCUT2D eigenvalue weighted by Gasteiger charge is 2.15. The molecular formula is C31H39N5O4+2. The van der Waals surface area contributed by atoms with E-state index in [2.05, 4.69) is 29.9 Å². The van der Waals surface area contributed by atoms with Crippen molar-refractivity contribution in [1.29, 1.82) is 0 Å². The Morgan fingerprint density at radius 2 is 1.62 bits per heavy atom. The molecule has 0 spiro atoms. The summed E-state index contributed by atoms with van der Waals surface area (Å²) in [7, 11) is 3.46. The maximum Gasteiger partial charge on any atom is 0.337 e. The Morgan fingerprint density at radius 1 is 0.950 bits per heavy atom. The maximum absolute atomic E-state index is 12.4. The standard InChI is InChI=1S/C31H37N5O4/c1-5-36(3)18-17-32-20-29(38)34-25-12-14-26(15-13-25)35-30(23-9-7-6-8-10-23)22(2)27-16-11-24(31(39)40-4)19-28(27)33-21-37/h6-16,19,21,32,35H,5,17-18,20H2,1-4H3,(H,33,37)(H,34,38)/p+2/b30-22+. The normalized spacial score (nSPS) is 12.1. The number of ether oxygens (including phenoxy) is 1. The zero-order chi connectivity index (χ0) is 28.9. The molecule has 0 fully saturated rings. The monoisotopic (exact) mass is 545 g/mol. The van der Waals surface area contributed by atoms with E-state index in [-0.39, 0.29) is 5.91 Å². The summed E-state index contributed by atoms with van der Waals surface area (Å²) in [6.45, 7) is 7.46. The summed E-state index contributed by atoms with van der Waals surface area (Å²) in [5.41, 5.74) is 5.74. The van der Waals surface area contributed by atoms with Crippen molar-refractivity contribution in [3.63, 3.8) is 0 Å². The van der Waals surface area contributed by atoms with E-state index in [0.29, 0.717) is 24.2 Å². The van der Waals surface area contributed by atoms with Crippen LogP contribution in [0, 0.1) is 0 Å². The van der Waals surface area contributed by atoms with E-state index >= 15 is 0 Å². The third-order valence-electron chi connectivity index (χ3n) is 6.64. The Labute approximate surface area is 235 Å². The number of nitrogens with two attached hydrogens (primary N) is 1. The number of nitrogens with one attached hydrogen (secondary N) is 4. The lowest BCUT2D eigenvalue weighted by Gasteiger charge is -2.18. The lowest BCUT2D eigenvalue weighted by molar-refractivity contribution is -0.891. The second-order valence-electron chi connectivity index (χ2n) is 9.47. The van der Waals surface area contributed by atoms with E-state index in [4.69, 9.17) is 4.74 Å². The molecule has 3 rings (SSSR count). The first-order chi connectivity index (χ1) is 19.4. The second kappa shape index (κ2) is 15.2. The lowest BCUT2D eigenvalue weighted by atomic mass is 9.97. The summed E-state index contributed by atoms with van der Waals surface area (Å²) < 4.78 is 4.83. The zero-order valence-electron chi connectivity index (χ0n) is 23.5. The highest BCUT2D eigenvalue weighted by atomic mass is 16.5. The van der Waals surface area contributed by atoms with Gasteiger partial charge in [-0.1, -0.05) is 36.4 Å². The van der Waals surface area contributed by atoms with Gasteiger partial charge in [-0.05, 0) is 61.4 Å². The number of benzene rings is 3. The molecule has 1 atom stereocenters. The topological polar surface area (TPSA) is 118 Å². The summed E-state index contributed by atoms with van der Waals surface area (Å²) >= 11 is 0. The second-order valence-corrected chi connectivity index (χ2v) is 9.47. The molecule has 3 aromatic carbocycles. The van der Waals surface area contributed by atoms with Gasteiger partial charge >= 0.3 is 5.97 Å². The van der Waals surface area contributed by atoms with Crippen LogP contribution >= 0.6 is 0 Å². The number of allylic oxidation sites excluding steroid dienone is 1. The SMILES string of the molecule is CC[NH+](C)CC[NH2+]CC(=O)Nc1ccc(N/C(=C(\C)c2ccc(C(=O)OC)cc2NC=O)c2ccccc2)cc1. The van der Waals surface area contributed by atoms with Crippen molar-refractivity contribution in [3.8, 4) is 0 Å². The molecule has 0 saturated carbocycles. The number of anilines is 3. The van der Waals surface area contributed by atoms with Crippen molar-refractivity contribution in [2.75, 3.05) is 56.3 Å². The Morgan fingerprint density at radius 3 is 2.25 bits per heavy atom. The molecule has 2 amide bonds. The molecule has 0 aliphatic rings. The molecule has 9 nitrogen and oxygen atoms in total. The van der Waals surface area contributed by atoms with Gasteiger partial charge in [-0.3, -0.25) is 9.59 Å². The van der Waals surface area contributed by atoms with Crippen LogP contribution in [0.15, 0.2) is 72.8 Å². The van der Waals surface area contributed by atoms with E-state index in [1.54, 1.807) is 18.2 Å². The number of methoxy groups -OCH3 is 1. The third-order valence-corrected chi connectivity index (χ3v) is 6.64. The number of quaternary nitrogens is 2. The van der Waals surface area contributed by atoms with Crippen molar-refractivity contribution in [2.24, 2.45) is 0 Å². The minimum atomic E-state index is -0.487. The molecule has 0 saturated heterocycles. The van der Waals surface area contributed by atoms with Crippen molar-refractivity contribution in [1.82, 2.24) is 0 Å². The lowest BCUT2D eigenvalue weighted by Crippen LogP contribution is -3.11. The Bertz CT molecular complexity index is 1320. The molecule has 3 aromatic rings. The van der Waals surface area contributed by atoms with E-state index in [0.717, 1.165) is 53.4 Å². The fourth-order valence-electron chi connectivity index (χ4n) is 4.17. The van der Waals surface area contributed by atoms with Crippen LogP contribution in [-0.4, -0.2) is 58.6 Å². The van der Waals surface area contributed by atoms with Crippen LogP contribution in [0.1, 0.15) is 35.3 Å². The molecule has 0 bridgehead atoms. The average Bonchev–Trinajstić information content (AvgIpc) is 2.98. The van der Waals surface area contributed by atoms with Gasteiger partial charge in [-0.25, -0.2) is 4.79 Å². The number of hydrogen-bond donors (Lipinski definition) is 5. The predicted molar refractivity (Wildman–Crippen MR) is 159 cm³/mol. The first kappa shape index (κ1) is 30.1. The number of carbonyl (C=O) groups is 3. The van der Waals surface area contributed by atoms with Crippen LogP contribution < -0.4 is 26.2 Å². The van der Waals surface area contributed by atoms with Gasteiger partial charge in [0.15, 0.2) is 6.54 Å². The first-order valence-corrected chi connectivity index (χ1v) is 13.3. The molecule has 0 heterocycles. The molecule has 1 unspecified atom stereocenters. The largest absolute Gasteiger partial charge is 0.465 e. The van der Waals surface area contributed by atoms with Crippen LogP contribution in [0.5, 0.6) is 0 Å². The van der Waals surface area contributed by atoms with Crippen LogP contribution in [0.4, 0.5) is 17.1 Å². The molecule has 6 N–H and O–H groups in total. The van der Waals surface area contributed by atoms with E-state index in [1.807, 2.05) is 66.8 Å². The molecule has 0 aromatic heterocycles. The minimum absolute atomic E-state index is 0.0406. The fraction of sp³-hybridized carbons (Fsp3) is 0.258. The summed E-state index contributed by atoms with van der Waals surface area (Å²) in [6.07, 6.45) is 0.582. The van der Waals surface area contributed by atoms with Crippen molar-refractivity contribution in [3.05, 3.63) is 89.5 Å². The number of hydrogen-bond acceptors (Lipinski definition) is 5. The van der Waals surface area contributed by atoms with Gasteiger partial charge in [0.2, 0.25) is 6.41 Å². The van der Waals surface area contributed by atoms with Gasteiger partial charge in [0, 0.05) is 28.3 Å². The van der Waals surface area contributed by atoms with E-state index in [1.165, 1.54) is 12.0 Å². The molecule has 9 heteroatoms. The van der Waals surface area contributed by atoms with Crippen LogP contribution in [0.25, 0.3) is 11.3 Å². The molecule has 40 heavy (non-hydrogen) atoms. The number of amides is 2. The van der Waals surface area contributed by atoms with Gasteiger partial charge in [-0.2, -0.15) is 0 Å². The molecule has 0 aliphatic carbocycles. The Balaban J connectivity index is 1.82. The molecule has 0 aliphatic heterocycles. The third kappa shape index (κ3) is 8.52. The van der Waals surface area contributed by atoms with Gasteiger partial charge < -0.3 is 30.9 Å². The van der Waals surface area contributed by atoms with Gasteiger partial charge in [0.1, 0.15) is 13.1 Å². The minimum Gasteiger partial charge on any atom is -0.465 e. The van der Waals surface area contributed by atoms with Crippen LogP contribution in [0.3, 0.4) is 0 Å². The van der Waals surface area contributed by atoms with E-state index in [9.17, 15) is 14.4 Å². The first-order valence-electron chi connectivity index (χ1n) is 13.3. The fourth-order valence-corrected chi connectivity index (χ4v) is 4.17. The molecule has 0 radical (unpaired) electrons. The summed E-state index contributed by atoms with van der Waals surface area (Å²) in [5, 5.41) is 11.2. The van der Waals surface area contributed by atoms with Crippen molar-refractivity contribution < 1.29 is 29.3 Å². The van der Waals surface area contributed by atoms with Crippen molar-refractivity contribution in [2.45, 2.75) is 13.8 Å². The van der Waals surface area contributed by atoms with Crippen LogP contribution in [-0.2, 0) is 14.3 Å². The Hall–Kier alpha value is -4.47. The number of carbonyl (C=O) groups excluding carboxylic acids is 3. The Kier molecular flexibility index (Phi) is 11.4. The maximum atomic E-state index is 12.4. The van der Waals surface area contributed by atoms with Gasteiger partial charge in [0.25, 0.3) is 5.91 Å².